The number of aryl methyl sites for hydroxylation is 1. The molecule has 0 aliphatic heterocycles. The van der Waals surface area contributed by atoms with Gasteiger partial charge in [-0.25, -0.2) is 4.39 Å². The molecule has 1 heterocycles. The number of unbranched alkanes of at least 4 members (excludes halogenated alkanes) is 1. The van der Waals surface area contributed by atoms with Crippen LogP contribution in [0.1, 0.15) is 25.0 Å². The number of halogens is 2. The smallest absolute Gasteiger partial charge is 0.250 e. The average Bonchev–Trinajstić information content (AvgIpc) is 2.69. The van der Waals surface area contributed by atoms with Crippen LogP contribution in [0.3, 0.4) is 0 Å². The van der Waals surface area contributed by atoms with Crippen molar-refractivity contribution in [2.45, 2.75) is 37.6 Å². The van der Waals surface area contributed by atoms with E-state index in [1.54, 1.807) is 43.1 Å². The topological polar surface area (TPSA) is 58.4 Å². The first-order valence-corrected chi connectivity index (χ1v) is 10.6. The van der Waals surface area contributed by atoms with Gasteiger partial charge in [-0.2, -0.15) is 0 Å². The van der Waals surface area contributed by atoms with Crippen molar-refractivity contribution in [2.24, 2.45) is 4.99 Å². The highest BCUT2D eigenvalue weighted by molar-refractivity contribution is 14.0. The maximum atomic E-state index is 12.9. The second-order valence-electron chi connectivity index (χ2n) is 6.45. The van der Waals surface area contributed by atoms with E-state index < -0.39 is 0 Å². The van der Waals surface area contributed by atoms with Crippen LogP contribution in [0.4, 0.5) is 4.39 Å². The highest BCUT2D eigenvalue weighted by Crippen LogP contribution is 2.18. The third-order valence-corrected chi connectivity index (χ3v) is 5.39. The van der Waals surface area contributed by atoms with Gasteiger partial charge >= 0.3 is 0 Å². The van der Waals surface area contributed by atoms with Crippen molar-refractivity contribution in [3.05, 3.63) is 64.3 Å². The molecule has 0 fully saturated rings. The molecule has 1 aromatic carbocycles. The Morgan fingerprint density at radius 3 is 2.41 bits per heavy atom. The van der Waals surface area contributed by atoms with Crippen molar-refractivity contribution in [1.29, 1.82) is 0 Å². The Hall–Kier alpha value is -1.55. The molecule has 0 spiro atoms. The standard InChI is InChI=1S/C21H29FN4OS.HI/c1-17-7-5-8-20(27)26(17)15-4-3-13-24-21(23-2)25-14-6-16-28-19-11-9-18(22)10-12-19;/h5,7-12H,3-4,6,13-16H2,1-2H3,(H2,23,24,25);1H. The summed E-state index contributed by atoms with van der Waals surface area (Å²) < 4.78 is 14.7. The Labute approximate surface area is 193 Å². The van der Waals surface area contributed by atoms with Gasteiger partial charge in [-0.1, -0.05) is 6.07 Å². The van der Waals surface area contributed by atoms with Crippen LogP contribution in [-0.4, -0.2) is 36.4 Å². The summed E-state index contributed by atoms with van der Waals surface area (Å²) >= 11 is 1.72. The van der Waals surface area contributed by atoms with Gasteiger partial charge in [0.1, 0.15) is 5.82 Å². The van der Waals surface area contributed by atoms with Gasteiger partial charge in [0.15, 0.2) is 5.96 Å². The molecule has 0 amide bonds. The van der Waals surface area contributed by atoms with Gasteiger partial charge < -0.3 is 15.2 Å². The number of guanidine groups is 1. The lowest BCUT2D eigenvalue weighted by molar-refractivity contribution is 0.575. The Morgan fingerprint density at radius 1 is 1.07 bits per heavy atom. The van der Waals surface area contributed by atoms with E-state index in [1.807, 2.05) is 17.6 Å². The van der Waals surface area contributed by atoms with E-state index in [0.717, 1.165) is 61.2 Å². The van der Waals surface area contributed by atoms with Crippen LogP contribution < -0.4 is 16.2 Å². The molecule has 0 atom stereocenters. The largest absolute Gasteiger partial charge is 0.356 e. The zero-order valence-electron chi connectivity index (χ0n) is 17.0. The van der Waals surface area contributed by atoms with E-state index in [2.05, 4.69) is 15.6 Å². The summed E-state index contributed by atoms with van der Waals surface area (Å²) in [5.74, 6) is 1.55. The number of hydrogen-bond acceptors (Lipinski definition) is 3. The maximum Gasteiger partial charge on any atom is 0.250 e. The van der Waals surface area contributed by atoms with Gasteiger partial charge in [-0.15, -0.1) is 35.7 Å². The van der Waals surface area contributed by atoms with Crippen LogP contribution in [0.5, 0.6) is 0 Å². The first-order valence-electron chi connectivity index (χ1n) is 9.59. The normalized spacial score (nSPS) is 11.1. The summed E-state index contributed by atoms with van der Waals surface area (Å²) in [7, 11) is 1.76. The van der Waals surface area contributed by atoms with Gasteiger partial charge in [-0.05, 0) is 62.3 Å². The van der Waals surface area contributed by atoms with Gasteiger partial charge in [0.2, 0.25) is 0 Å². The average molecular weight is 532 g/mol. The van der Waals surface area contributed by atoms with E-state index >= 15 is 0 Å². The summed E-state index contributed by atoms with van der Waals surface area (Å²) in [6.45, 7) is 4.33. The molecule has 2 N–H and O–H groups in total. The predicted octanol–water partition coefficient (Wildman–Crippen LogP) is 4.04. The zero-order chi connectivity index (χ0) is 20.2. The molecular formula is C21H30FIN4OS. The lowest BCUT2D eigenvalue weighted by Gasteiger charge is -2.12. The minimum Gasteiger partial charge on any atom is -0.356 e. The molecule has 0 saturated heterocycles. The molecule has 0 unspecified atom stereocenters. The Kier molecular flexibility index (Phi) is 12.7. The summed E-state index contributed by atoms with van der Waals surface area (Å²) in [5.41, 5.74) is 1.06. The van der Waals surface area contributed by atoms with Crippen LogP contribution in [0.25, 0.3) is 0 Å². The van der Waals surface area contributed by atoms with Gasteiger partial charge in [-0.3, -0.25) is 9.79 Å². The highest BCUT2D eigenvalue weighted by atomic mass is 127. The molecule has 0 radical (unpaired) electrons. The fourth-order valence-corrected chi connectivity index (χ4v) is 3.59. The van der Waals surface area contributed by atoms with E-state index in [-0.39, 0.29) is 35.4 Å². The number of aliphatic imine (C=N–C) groups is 1. The third kappa shape index (κ3) is 9.66. The zero-order valence-corrected chi connectivity index (χ0v) is 20.1. The van der Waals surface area contributed by atoms with Crippen molar-refractivity contribution in [3.63, 3.8) is 0 Å². The van der Waals surface area contributed by atoms with Crippen molar-refractivity contribution >= 4 is 41.7 Å². The Balaban J connectivity index is 0.00000420. The summed E-state index contributed by atoms with van der Waals surface area (Å²) in [4.78, 5) is 17.1. The second kappa shape index (κ2) is 14.4. The number of benzene rings is 1. The van der Waals surface area contributed by atoms with Gasteiger partial charge in [0.05, 0.1) is 0 Å². The lowest BCUT2D eigenvalue weighted by Crippen LogP contribution is -2.38. The van der Waals surface area contributed by atoms with E-state index in [4.69, 9.17) is 0 Å². The molecule has 2 rings (SSSR count). The number of nitrogens with one attached hydrogen (secondary N) is 2. The summed E-state index contributed by atoms with van der Waals surface area (Å²) in [6, 6.07) is 11.9. The van der Waals surface area contributed by atoms with Crippen molar-refractivity contribution < 1.29 is 4.39 Å². The third-order valence-electron chi connectivity index (χ3n) is 4.29. The molecule has 1 aromatic heterocycles. The van der Waals surface area contributed by atoms with Crippen molar-refractivity contribution in [1.82, 2.24) is 15.2 Å². The fourth-order valence-electron chi connectivity index (χ4n) is 2.73. The van der Waals surface area contributed by atoms with Crippen LogP contribution >= 0.6 is 35.7 Å². The van der Waals surface area contributed by atoms with Crippen molar-refractivity contribution in [2.75, 3.05) is 25.9 Å². The second-order valence-corrected chi connectivity index (χ2v) is 7.61. The number of thioether (sulfide) groups is 1. The number of nitrogens with zero attached hydrogens (tertiary/aromatic N) is 2. The molecule has 8 heteroatoms. The first-order chi connectivity index (χ1) is 13.6. The van der Waals surface area contributed by atoms with Gasteiger partial charge in [0.25, 0.3) is 5.56 Å². The molecule has 0 aliphatic rings. The van der Waals surface area contributed by atoms with E-state index in [0.29, 0.717) is 0 Å². The number of pyridine rings is 1. The quantitative estimate of drug-likeness (QED) is 0.160. The number of hydrogen-bond donors (Lipinski definition) is 2. The maximum absolute atomic E-state index is 12.9. The van der Waals surface area contributed by atoms with Crippen LogP contribution in [0, 0.1) is 12.7 Å². The summed E-state index contributed by atoms with van der Waals surface area (Å²) in [5, 5.41) is 6.60. The first kappa shape index (κ1) is 25.5. The molecular weight excluding hydrogens is 502 g/mol. The molecule has 160 valence electrons. The number of aromatic nitrogens is 1. The summed E-state index contributed by atoms with van der Waals surface area (Å²) in [6.07, 6.45) is 2.88. The molecule has 0 aliphatic carbocycles. The minimum absolute atomic E-state index is 0. The molecule has 0 bridgehead atoms. The van der Waals surface area contributed by atoms with Gasteiger partial charge in [0, 0.05) is 43.3 Å². The van der Waals surface area contributed by atoms with Crippen LogP contribution in [0.15, 0.2) is 57.1 Å². The number of rotatable bonds is 10. The molecule has 2 aromatic rings. The van der Waals surface area contributed by atoms with E-state index in [9.17, 15) is 9.18 Å². The molecule has 5 nitrogen and oxygen atoms in total. The highest BCUT2D eigenvalue weighted by Gasteiger charge is 2.01. The van der Waals surface area contributed by atoms with Crippen LogP contribution in [0.2, 0.25) is 0 Å². The van der Waals surface area contributed by atoms with Crippen LogP contribution in [-0.2, 0) is 6.54 Å². The minimum atomic E-state index is -0.202. The van der Waals surface area contributed by atoms with Crippen molar-refractivity contribution in [3.8, 4) is 0 Å². The SMILES string of the molecule is CN=C(NCCCCn1c(C)cccc1=O)NCCCSc1ccc(F)cc1.I. The lowest BCUT2D eigenvalue weighted by atomic mass is 10.3. The monoisotopic (exact) mass is 532 g/mol. The fraction of sp³-hybridized carbons (Fsp3) is 0.429. The molecule has 29 heavy (non-hydrogen) atoms. The van der Waals surface area contributed by atoms with E-state index in [1.165, 1.54) is 12.1 Å². The molecule has 0 saturated carbocycles. The Morgan fingerprint density at radius 2 is 1.76 bits per heavy atom. The Bertz CT molecular complexity index is 811. The predicted molar refractivity (Wildman–Crippen MR) is 131 cm³/mol.